The Hall–Kier alpha value is -4.26. The third kappa shape index (κ3) is 4.40. The first-order valence-corrected chi connectivity index (χ1v) is 12.1. The van der Waals surface area contributed by atoms with Crippen molar-refractivity contribution >= 4 is 17.3 Å². The van der Waals surface area contributed by atoms with Gasteiger partial charge in [0.2, 0.25) is 5.82 Å². The van der Waals surface area contributed by atoms with Crippen molar-refractivity contribution in [3.05, 3.63) is 107 Å². The first kappa shape index (κ1) is 23.5. The molecule has 2 heterocycles. The minimum absolute atomic E-state index is 0.299. The van der Waals surface area contributed by atoms with E-state index < -0.39 is 11.9 Å². The van der Waals surface area contributed by atoms with Gasteiger partial charge in [-0.1, -0.05) is 73.6 Å². The molecule has 182 valence electrons. The molecular weight excluding hydrogens is 455 g/mol. The Labute approximate surface area is 209 Å². The number of benzene rings is 3. The molecule has 1 N–H and O–H groups in total. The molecular formula is C29H27FN4O2. The molecule has 36 heavy (non-hydrogen) atoms. The minimum Gasteiger partial charge on any atom is -0.334 e. The molecule has 1 unspecified atom stereocenters. The second kappa shape index (κ2) is 9.77. The lowest BCUT2D eigenvalue weighted by Crippen LogP contribution is -2.46. The van der Waals surface area contributed by atoms with E-state index in [2.05, 4.69) is 24.3 Å². The van der Waals surface area contributed by atoms with Crippen molar-refractivity contribution in [1.82, 2.24) is 15.5 Å². The number of amides is 2. The molecule has 2 amide bonds. The number of hydrogen-bond donors (Lipinski definition) is 1. The van der Waals surface area contributed by atoms with Crippen molar-refractivity contribution in [2.75, 3.05) is 4.90 Å². The molecule has 1 aliphatic heterocycles. The smallest absolute Gasteiger partial charge is 0.327 e. The molecule has 0 spiro atoms. The Balaban J connectivity index is 1.62. The van der Waals surface area contributed by atoms with Crippen LogP contribution in [0.4, 0.5) is 14.9 Å². The van der Waals surface area contributed by atoms with E-state index in [9.17, 15) is 9.18 Å². The van der Waals surface area contributed by atoms with Crippen LogP contribution in [0.5, 0.6) is 0 Å². The monoisotopic (exact) mass is 482 g/mol. The van der Waals surface area contributed by atoms with E-state index in [1.165, 1.54) is 28.2 Å². The number of rotatable bonds is 6. The quantitative estimate of drug-likeness (QED) is 0.332. The van der Waals surface area contributed by atoms with Gasteiger partial charge in [-0.15, -0.1) is 0 Å². The molecule has 1 aromatic heterocycles. The van der Waals surface area contributed by atoms with Crippen molar-refractivity contribution in [2.24, 2.45) is 0 Å². The van der Waals surface area contributed by atoms with Crippen molar-refractivity contribution in [3.8, 4) is 11.4 Å². The molecule has 4 aromatic rings. The topological polar surface area (TPSA) is 71.3 Å². The summed E-state index contributed by atoms with van der Waals surface area (Å²) in [6.45, 7) is 6.01. The third-order valence-corrected chi connectivity index (χ3v) is 6.55. The van der Waals surface area contributed by atoms with Gasteiger partial charge in [-0.05, 0) is 54.7 Å². The van der Waals surface area contributed by atoms with Gasteiger partial charge in [-0.3, -0.25) is 4.90 Å². The van der Waals surface area contributed by atoms with Gasteiger partial charge in [0.05, 0.1) is 17.3 Å². The summed E-state index contributed by atoms with van der Waals surface area (Å²) < 4.78 is 19.8. The SMILES string of the molecule is CCc1ccc(-c2noc(C3=C(C)N(c4cccc(F)c4)C(=O)NC3c3ccc(CC)cc3)n2)cc1. The van der Waals surface area contributed by atoms with Gasteiger partial charge in [0, 0.05) is 11.3 Å². The van der Waals surface area contributed by atoms with E-state index in [4.69, 9.17) is 9.51 Å². The largest absolute Gasteiger partial charge is 0.334 e. The Morgan fingerprint density at radius 3 is 2.28 bits per heavy atom. The molecule has 1 atom stereocenters. The standard InChI is InChI=1S/C29H27FN4O2/c1-4-19-9-13-21(14-10-19)26-25(18(3)34(29(35)31-26)24-8-6-7-23(30)17-24)28-32-27(33-36-28)22-15-11-20(5-2)12-16-22/h6-17,26H,4-5H2,1-3H3,(H,31,35). The number of aromatic nitrogens is 2. The van der Waals surface area contributed by atoms with Crippen molar-refractivity contribution < 1.29 is 13.7 Å². The number of hydrogen-bond acceptors (Lipinski definition) is 4. The Kier molecular flexibility index (Phi) is 6.38. The normalized spacial score (nSPS) is 15.8. The van der Waals surface area contributed by atoms with Crippen molar-refractivity contribution in [3.63, 3.8) is 0 Å². The second-order valence-corrected chi connectivity index (χ2v) is 8.77. The maximum Gasteiger partial charge on any atom is 0.327 e. The van der Waals surface area contributed by atoms with Crippen LogP contribution >= 0.6 is 0 Å². The van der Waals surface area contributed by atoms with Gasteiger partial charge in [0.1, 0.15) is 5.82 Å². The van der Waals surface area contributed by atoms with Gasteiger partial charge >= 0.3 is 6.03 Å². The average Bonchev–Trinajstić information content (AvgIpc) is 3.38. The van der Waals surface area contributed by atoms with Gasteiger partial charge in [0.15, 0.2) is 0 Å². The summed E-state index contributed by atoms with van der Waals surface area (Å²) in [6.07, 6.45) is 1.86. The first-order chi connectivity index (χ1) is 17.5. The third-order valence-electron chi connectivity index (χ3n) is 6.55. The number of anilines is 1. The summed E-state index contributed by atoms with van der Waals surface area (Å²) in [7, 11) is 0. The number of nitrogens with zero attached hydrogens (tertiary/aromatic N) is 3. The number of carbonyl (C=O) groups is 1. The molecule has 0 radical (unpaired) electrons. The predicted molar refractivity (Wildman–Crippen MR) is 138 cm³/mol. The predicted octanol–water partition coefficient (Wildman–Crippen LogP) is 6.70. The van der Waals surface area contributed by atoms with Crippen LogP contribution in [0, 0.1) is 5.82 Å². The zero-order valence-electron chi connectivity index (χ0n) is 20.5. The molecule has 0 bridgehead atoms. The lowest BCUT2D eigenvalue weighted by molar-refractivity contribution is 0.244. The van der Waals surface area contributed by atoms with Crippen LogP contribution in [0.3, 0.4) is 0 Å². The summed E-state index contributed by atoms with van der Waals surface area (Å²) in [5.74, 6) is 0.331. The van der Waals surface area contributed by atoms with E-state index in [0.29, 0.717) is 28.7 Å². The fourth-order valence-corrected chi connectivity index (χ4v) is 4.48. The summed E-state index contributed by atoms with van der Waals surface area (Å²) in [4.78, 5) is 19.4. The van der Waals surface area contributed by atoms with E-state index in [1.807, 2.05) is 55.5 Å². The zero-order valence-corrected chi connectivity index (χ0v) is 20.5. The van der Waals surface area contributed by atoms with Gasteiger partial charge in [0.25, 0.3) is 5.89 Å². The summed E-state index contributed by atoms with van der Waals surface area (Å²) in [5.41, 5.74) is 5.80. The number of allylic oxidation sites excluding steroid dienone is 1. The number of aryl methyl sites for hydroxylation is 2. The maximum absolute atomic E-state index is 14.0. The lowest BCUT2D eigenvalue weighted by Gasteiger charge is -2.35. The molecule has 0 aliphatic carbocycles. The van der Waals surface area contributed by atoms with Crippen molar-refractivity contribution in [2.45, 2.75) is 39.7 Å². The second-order valence-electron chi connectivity index (χ2n) is 8.77. The van der Waals surface area contributed by atoms with E-state index in [0.717, 1.165) is 24.0 Å². The Bertz CT molecular complexity index is 1420. The molecule has 0 saturated heterocycles. The Morgan fingerprint density at radius 2 is 1.64 bits per heavy atom. The number of halogens is 1. The van der Waals surface area contributed by atoms with Crippen LogP contribution < -0.4 is 10.2 Å². The molecule has 0 saturated carbocycles. The molecule has 5 rings (SSSR count). The highest BCUT2D eigenvalue weighted by atomic mass is 19.1. The lowest BCUT2D eigenvalue weighted by atomic mass is 9.93. The Morgan fingerprint density at radius 1 is 0.972 bits per heavy atom. The zero-order chi connectivity index (χ0) is 25.2. The van der Waals surface area contributed by atoms with E-state index in [1.54, 1.807) is 12.1 Å². The number of urea groups is 1. The minimum atomic E-state index is -0.510. The van der Waals surface area contributed by atoms with Gasteiger partial charge in [-0.2, -0.15) is 4.98 Å². The van der Waals surface area contributed by atoms with E-state index >= 15 is 0 Å². The average molecular weight is 483 g/mol. The van der Waals surface area contributed by atoms with E-state index in [-0.39, 0.29) is 6.03 Å². The molecule has 7 heteroatoms. The first-order valence-electron chi connectivity index (χ1n) is 12.1. The maximum atomic E-state index is 14.0. The van der Waals surface area contributed by atoms with Crippen LogP contribution in [-0.4, -0.2) is 16.2 Å². The van der Waals surface area contributed by atoms with Crippen LogP contribution in [0.1, 0.15) is 49.4 Å². The molecule has 1 aliphatic rings. The van der Waals surface area contributed by atoms with Crippen LogP contribution in [0.2, 0.25) is 0 Å². The summed E-state index contributed by atoms with van der Waals surface area (Å²) in [6, 6.07) is 21.2. The highest BCUT2D eigenvalue weighted by Crippen LogP contribution is 2.39. The van der Waals surface area contributed by atoms with Gasteiger partial charge in [-0.25, -0.2) is 9.18 Å². The molecule has 0 fully saturated rings. The summed E-state index contributed by atoms with van der Waals surface area (Å²) in [5, 5.41) is 7.29. The fraction of sp³-hybridized carbons (Fsp3) is 0.207. The highest BCUT2D eigenvalue weighted by Gasteiger charge is 2.36. The van der Waals surface area contributed by atoms with Crippen LogP contribution in [0.15, 0.2) is 83.0 Å². The van der Waals surface area contributed by atoms with Crippen LogP contribution in [0.25, 0.3) is 17.0 Å². The summed E-state index contributed by atoms with van der Waals surface area (Å²) >= 11 is 0. The van der Waals surface area contributed by atoms with Crippen LogP contribution in [-0.2, 0) is 12.8 Å². The van der Waals surface area contributed by atoms with Gasteiger partial charge < -0.3 is 9.84 Å². The molecule has 3 aromatic carbocycles. The fourth-order valence-electron chi connectivity index (χ4n) is 4.48. The number of nitrogens with one attached hydrogen (secondary N) is 1. The molecule has 6 nitrogen and oxygen atoms in total. The highest BCUT2D eigenvalue weighted by molar-refractivity contribution is 6.01. The van der Waals surface area contributed by atoms with Crippen molar-refractivity contribution in [1.29, 1.82) is 0 Å². The number of carbonyl (C=O) groups excluding carboxylic acids is 1.